The standard InChI is InChI=1S/C14H16F3NO2/c1-9(18-7-10(8-18)6-13(19)20)11-2-4-12(5-3-11)14(15,16)17/h2-5,9-10H,6-8H2,1H3,(H,19,20). The number of aliphatic carboxylic acids is 1. The molecule has 1 aromatic carbocycles. The predicted molar refractivity (Wildman–Crippen MR) is 67.2 cm³/mol. The van der Waals surface area contributed by atoms with E-state index in [1.165, 1.54) is 12.1 Å². The van der Waals surface area contributed by atoms with Gasteiger partial charge in [0, 0.05) is 19.1 Å². The van der Waals surface area contributed by atoms with Crippen LogP contribution in [0.3, 0.4) is 0 Å². The van der Waals surface area contributed by atoms with Gasteiger partial charge < -0.3 is 5.11 Å². The van der Waals surface area contributed by atoms with Gasteiger partial charge in [0.1, 0.15) is 0 Å². The van der Waals surface area contributed by atoms with Crippen molar-refractivity contribution in [3.05, 3.63) is 35.4 Å². The lowest BCUT2D eigenvalue weighted by Gasteiger charge is -2.43. The molecule has 1 unspecified atom stereocenters. The van der Waals surface area contributed by atoms with Gasteiger partial charge in [0.15, 0.2) is 0 Å². The number of carboxylic acids is 1. The van der Waals surface area contributed by atoms with Gasteiger partial charge >= 0.3 is 12.1 Å². The fourth-order valence-electron chi connectivity index (χ4n) is 2.46. The van der Waals surface area contributed by atoms with E-state index in [2.05, 4.69) is 4.90 Å². The first kappa shape index (κ1) is 14.8. The Balaban J connectivity index is 1.94. The molecular weight excluding hydrogens is 271 g/mol. The molecule has 0 aromatic heterocycles. The van der Waals surface area contributed by atoms with Crippen LogP contribution >= 0.6 is 0 Å². The second-order valence-corrected chi connectivity index (χ2v) is 5.21. The zero-order valence-corrected chi connectivity index (χ0v) is 11.0. The Hall–Kier alpha value is -1.56. The van der Waals surface area contributed by atoms with Gasteiger partial charge in [0.05, 0.1) is 12.0 Å². The molecule has 1 aromatic rings. The third-order valence-electron chi connectivity index (χ3n) is 3.72. The Kier molecular flexibility index (Phi) is 4.04. The molecule has 3 nitrogen and oxygen atoms in total. The molecule has 1 heterocycles. The number of carboxylic acid groups (broad SMARTS) is 1. The summed E-state index contributed by atoms with van der Waals surface area (Å²) >= 11 is 0. The molecule has 0 amide bonds. The minimum Gasteiger partial charge on any atom is -0.481 e. The van der Waals surface area contributed by atoms with Gasteiger partial charge in [0.2, 0.25) is 0 Å². The lowest BCUT2D eigenvalue weighted by atomic mass is 9.92. The molecule has 0 spiro atoms. The highest BCUT2D eigenvalue weighted by atomic mass is 19.4. The number of hydrogen-bond acceptors (Lipinski definition) is 2. The maximum absolute atomic E-state index is 12.5. The number of likely N-dealkylation sites (tertiary alicyclic amines) is 1. The first-order valence-electron chi connectivity index (χ1n) is 6.40. The smallest absolute Gasteiger partial charge is 0.416 e. The number of benzene rings is 1. The maximum Gasteiger partial charge on any atom is 0.416 e. The molecule has 0 saturated carbocycles. The minimum atomic E-state index is -4.31. The highest BCUT2D eigenvalue weighted by Gasteiger charge is 2.33. The van der Waals surface area contributed by atoms with E-state index in [1.807, 2.05) is 6.92 Å². The molecule has 0 radical (unpaired) electrons. The molecule has 0 bridgehead atoms. The Morgan fingerprint density at radius 3 is 2.35 bits per heavy atom. The van der Waals surface area contributed by atoms with E-state index >= 15 is 0 Å². The summed E-state index contributed by atoms with van der Waals surface area (Å²) in [5.41, 5.74) is 0.160. The number of alkyl halides is 3. The van der Waals surface area contributed by atoms with Crippen LogP contribution < -0.4 is 0 Å². The van der Waals surface area contributed by atoms with Crippen LogP contribution in [0, 0.1) is 5.92 Å². The van der Waals surface area contributed by atoms with E-state index in [0.717, 1.165) is 17.7 Å². The van der Waals surface area contributed by atoms with E-state index in [1.54, 1.807) is 0 Å². The fraction of sp³-hybridized carbons (Fsp3) is 0.500. The maximum atomic E-state index is 12.5. The molecule has 0 aliphatic carbocycles. The molecule has 1 fully saturated rings. The van der Waals surface area contributed by atoms with E-state index < -0.39 is 17.7 Å². The Morgan fingerprint density at radius 2 is 1.90 bits per heavy atom. The molecule has 2 rings (SSSR count). The zero-order valence-electron chi connectivity index (χ0n) is 11.0. The van der Waals surface area contributed by atoms with Gasteiger partial charge in [-0.3, -0.25) is 9.69 Å². The molecule has 1 N–H and O–H groups in total. The van der Waals surface area contributed by atoms with E-state index in [0.29, 0.717) is 13.1 Å². The average Bonchev–Trinajstić information content (AvgIpc) is 2.31. The zero-order chi connectivity index (χ0) is 14.9. The van der Waals surface area contributed by atoms with E-state index in [9.17, 15) is 18.0 Å². The van der Waals surface area contributed by atoms with Crippen molar-refractivity contribution in [2.45, 2.75) is 25.6 Å². The van der Waals surface area contributed by atoms with Crippen molar-refractivity contribution >= 4 is 5.97 Å². The molecule has 1 saturated heterocycles. The van der Waals surface area contributed by atoms with Crippen LogP contribution in [-0.4, -0.2) is 29.1 Å². The predicted octanol–water partition coefficient (Wildman–Crippen LogP) is 3.17. The van der Waals surface area contributed by atoms with Gasteiger partial charge in [-0.15, -0.1) is 0 Å². The summed E-state index contributed by atoms with van der Waals surface area (Å²) in [6.07, 6.45) is -4.17. The summed E-state index contributed by atoms with van der Waals surface area (Å²) in [5.74, 6) is -0.666. The van der Waals surface area contributed by atoms with Gasteiger partial charge in [-0.2, -0.15) is 13.2 Å². The molecule has 20 heavy (non-hydrogen) atoms. The van der Waals surface area contributed by atoms with Crippen molar-refractivity contribution in [1.29, 1.82) is 0 Å². The molecule has 6 heteroatoms. The lowest BCUT2D eigenvalue weighted by Crippen LogP contribution is -2.48. The highest BCUT2D eigenvalue weighted by Crippen LogP contribution is 2.33. The summed E-state index contributed by atoms with van der Waals surface area (Å²) in [7, 11) is 0. The number of rotatable bonds is 4. The van der Waals surface area contributed by atoms with Gasteiger partial charge in [-0.25, -0.2) is 0 Å². The SMILES string of the molecule is CC(c1ccc(C(F)(F)F)cc1)N1CC(CC(=O)O)C1. The topological polar surface area (TPSA) is 40.5 Å². The van der Waals surface area contributed by atoms with Crippen LogP contribution in [0.4, 0.5) is 13.2 Å². The van der Waals surface area contributed by atoms with Crippen molar-refractivity contribution in [1.82, 2.24) is 4.90 Å². The summed E-state index contributed by atoms with van der Waals surface area (Å²) < 4.78 is 37.4. The molecule has 1 aliphatic rings. The quantitative estimate of drug-likeness (QED) is 0.924. The van der Waals surface area contributed by atoms with Gasteiger partial charge in [0.25, 0.3) is 0 Å². The number of hydrogen-bond donors (Lipinski definition) is 1. The van der Waals surface area contributed by atoms with Crippen molar-refractivity contribution in [3.63, 3.8) is 0 Å². The van der Waals surface area contributed by atoms with Crippen molar-refractivity contribution < 1.29 is 23.1 Å². The van der Waals surface area contributed by atoms with E-state index in [-0.39, 0.29) is 18.4 Å². The summed E-state index contributed by atoms with van der Waals surface area (Å²) in [5, 5.41) is 8.67. The van der Waals surface area contributed by atoms with Crippen molar-refractivity contribution in [2.24, 2.45) is 5.92 Å². The summed E-state index contributed by atoms with van der Waals surface area (Å²) in [6.45, 7) is 3.27. The van der Waals surface area contributed by atoms with Crippen LogP contribution in [0.2, 0.25) is 0 Å². The Labute approximate surface area is 115 Å². The Morgan fingerprint density at radius 1 is 1.35 bits per heavy atom. The Bertz CT molecular complexity index is 478. The van der Waals surface area contributed by atoms with Gasteiger partial charge in [-0.05, 0) is 30.5 Å². The van der Waals surface area contributed by atoms with Crippen LogP contribution in [0.5, 0.6) is 0 Å². The number of halogens is 3. The second-order valence-electron chi connectivity index (χ2n) is 5.21. The highest BCUT2D eigenvalue weighted by molar-refractivity contribution is 5.67. The normalized spacial score (nSPS) is 18.6. The molecular formula is C14H16F3NO2. The van der Waals surface area contributed by atoms with Crippen LogP contribution in [0.15, 0.2) is 24.3 Å². The molecule has 1 atom stereocenters. The van der Waals surface area contributed by atoms with Crippen molar-refractivity contribution in [2.75, 3.05) is 13.1 Å². The summed E-state index contributed by atoms with van der Waals surface area (Å²) in [4.78, 5) is 12.6. The minimum absolute atomic E-state index is 0.00216. The van der Waals surface area contributed by atoms with Gasteiger partial charge in [-0.1, -0.05) is 12.1 Å². The molecule has 110 valence electrons. The fourth-order valence-corrected chi connectivity index (χ4v) is 2.46. The third kappa shape index (κ3) is 3.30. The number of carbonyl (C=O) groups is 1. The number of nitrogens with zero attached hydrogens (tertiary/aromatic N) is 1. The third-order valence-corrected chi connectivity index (χ3v) is 3.72. The van der Waals surface area contributed by atoms with Crippen LogP contribution in [-0.2, 0) is 11.0 Å². The average molecular weight is 287 g/mol. The van der Waals surface area contributed by atoms with Crippen LogP contribution in [0.25, 0.3) is 0 Å². The summed E-state index contributed by atoms with van der Waals surface area (Å²) in [6, 6.07) is 5.14. The first-order valence-corrected chi connectivity index (χ1v) is 6.40. The largest absolute Gasteiger partial charge is 0.481 e. The monoisotopic (exact) mass is 287 g/mol. The lowest BCUT2D eigenvalue weighted by molar-refractivity contribution is -0.140. The van der Waals surface area contributed by atoms with Crippen LogP contribution in [0.1, 0.15) is 30.5 Å². The molecule has 1 aliphatic heterocycles. The first-order chi connectivity index (χ1) is 9.27. The van der Waals surface area contributed by atoms with Crippen molar-refractivity contribution in [3.8, 4) is 0 Å². The second kappa shape index (κ2) is 5.44. The van der Waals surface area contributed by atoms with E-state index in [4.69, 9.17) is 5.11 Å².